The third-order valence-corrected chi connectivity index (χ3v) is 3.34. The lowest BCUT2D eigenvalue weighted by molar-refractivity contribution is -0.113. The minimum atomic E-state index is -0.175. The first-order chi connectivity index (χ1) is 9.02. The molecular formula is C11H10Cl2N4OS. The van der Waals surface area contributed by atoms with Gasteiger partial charge in [0.15, 0.2) is 0 Å². The van der Waals surface area contributed by atoms with Crippen LogP contribution in [0.3, 0.4) is 0 Å². The van der Waals surface area contributed by atoms with E-state index < -0.39 is 0 Å². The zero-order chi connectivity index (χ0) is 13.8. The van der Waals surface area contributed by atoms with Gasteiger partial charge in [-0.25, -0.2) is 4.98 Å². The van der Waals surface area contributed by atoms with Crippen molar-refractivity contribution in [2.24, 2.45) is 0 Å². The van der Waals surface area contributed by atoms with Crippen molar-refractivity contribution in [3.05, 3.63) is 34.1 Å². The molecule has 2 rings (SSSR count). The highest BCUT2D eigenvalue weighted by molar-refractivity contribution is 7.99. The minimum absolute atomic E-state index is 0.175. The molecule has 2 N–H and O–H groups in total. The Bertz CT molecular complexity index is 582. The molecule has 2 aromatic rings. The molecule has 0 bridgehead atoms. The number of benzene rings is 1. The number of anilines is 1. The Balaban J connectivity index is 1.90. The molecule has 0 unspecified atom stereocenters. The van der Waals surface area contributed by atoms with Crippen molar-refractivity contribution in [1.82, 2.24) is 15.2 Å². The van der Waals surface area contributed by atoms with E-state index >= 15 is 0 Å². The van der Waals surface area contributed by atoms with Gasteiger partial charge in [0.05, 0.1) is 5.75 Å². The Morgan fingerprint density at radius 1 is 1.37 bits per heavy atom. The number of nitrogens with one attached hydrogen (secondary N) is 2. The Hall–Kier alpha value is -1.24. The summed E-state index contributed by atoms with van der Waals surface area (Å²) in [4.78, 5) is 15.8. The monoisotopic (exact) mass is 316 g/mol. The van der Waals surface area contributed by atoms with Gasteiger partial charge in [0.1, 0.15) is 5.82 Å². The van der Waals surface area contributed by atoms with E-state index in [0.29, 0.717) is 26.7 Å². The Morgan fingerprint density at radius 3 is 2.63 bits per heavy atom. The summed E-state index contributed by atoms with van der Waals surface area (Å²) in [6.07, 6.45) is 0. The lowest BCUT2D eigenvalue weighted by Gasteiger charge is -2.05. The highest BCUT2D eigenvalue weighted by Crippen LogP contribution is 2.22. The SMILES string of the molecule is Cc1nc(SCC(=O)Nc2cc(Cl)cc(Cl)c2)n[nH]1. The first-order valence-electron chi connectivity index (χ1n) is 5.30. The summed E-state index contributed by atoms with van der Waals surface area (Å²) in [6, 6.07) is 4.86. The smallest absolute Gasteiger partial charge is 0.234 e. The van der Waals surface area contributed by atoms with Crippen LogP contribution in [0.15, 0.2) is 23.4 Å². The zero-order valence-electron chi connectivity index (χ0n) is 9.91. The van der Waals surface area contributed by atoms with Crippen molar-refractivity contribution >= 4 is 46.6 Å². The molecule has 8 heteroatoms. The minimum Gasteiger partial charge on any atom is -0.325 e. The maximum Gasteiger partial charge on any atom is 0.234 e. The van der Waals surface area contributed by atoms with E-state index in [-0.39, 0.29) is 11.7 Å². The largest absolute Gasteiger partial charge is 0.325 e. The topological polar surface area (TPSA) is 70.7 Å². The highest BCUT2D eigenvalue weighted by Gasteiger charge is 2.07. The number of hydrogen-bond acceptors (Lipinski definition) is 4. The Labute approximate surface area is 124 Å². The van der Waals surface area contributed by atoms with Crippen molar-refractivity contribution in [1.29, 1.82) is 0 Å². The maximum absolute atomic E-state index is 11.7. The summed E-state index contributed by atoms with van der Waals surface area (Å²) in [6.45, 7) is 1.80. The fourth-order valence-electron chi connectivity index (χ4n) is 1.34. The number of nitrogens with zero attached hydrogens (tertiary/aromatic N) is 2. The molecule has 0 aliphatic heterocycles. The van der Waals surface area contributed by atoms with Crippen LogP contribution in [0.5, 0.6) is 0 Å². The summed E-state index contributed by atoms with van der Waals surface area (Å²) in [5.74, 6) is 0.747. The molecule has 0 aliphatic rings. The van der Waals surface area contributed by atoms with Crippen LogP contribution in [0.1, 0.15) is 5.82 Å². The summed E-state index contributed by atoms with van der Waals surface area (Å²) in [7, 11) is 0. The highest BCUT2D eigenvalue weighted by atomic mass is 35.5. The summed E-state index contributed by atoms with van der Waals surface area (Å²) < 4.78 is 0. The van der Waals surface area contributed by atoms with Gasteiger partial charge in [0.2, 0.25) is 11.1 Å². The van der Waals surface area contributed by atoms with Crippen LogP contribution in [0.4, 0.5) is 5.69 Å². The predicted octanol–water partition coefficient (Wildman–Crippen LogP) is 3.15. The molecule has 0 aliphatic carbocycles. The van der Waals surface area contributed by atoms with Crippen LogP contribution < -0.4 is 5.32 Å². The molecule has 0 saturated carbocycles. The number of carbonyl (C=O) groups is 1. The number of aryl methyl sites for hydroxylation is 1. The number of halogens is 2. The molecule has 0 atom stereocenters. The molecule has 0 radical (unpaired) electrons. The fourth-order valence-corrected chi connectivity index (χ4v) is 2.51. The number of H-pyrrole nitrogens is 1. The lowest BCUT2D eigenvalue weighted by atomic mass is 10.3. The van der Waals surface area contributed by atoms with Gasteiger partial charge in [-0.05, 0) is 25.1 Å². The third-order valence-electron chi connectivity index (χ3n) is 2.06. The molecule has 19 heavy (non-hydrogen) atoms. The summed E-state index contributed by atoms with van der Waals surface area (Å²) in [5, 5.41) is 10.8. The van der Waals surface area contributed by atoms with Gasteiger partial charge in [-0.2, -0.15) is 0 Å². The van der Waals surface area contributed by atoms with Crippen LogP contribution in [-0.2, 0) is 4.79 Å². The number of hydrogen-bond donors (Lipinski definition) is 2. The normalized spacial score (nSPS) is 10.5. The van der Waals surface area contributed by atoms with Gasteiger partial charge in [-0.3, -0.25) is 9.89 Å². The van der Waals surface area contributed by atoms with E-state index in [1.54, 1.807) is 25.1 Å². The van der Waals surface area contributed by atoms with Crippen molar-refractivity contribution < 1.29 is 4.79 Å². The van der Waals surface area contributed by atoms with Crippen LogP contribution in [0.2, 0.25) is 10.0 Å². The zero-order valence-corrected chi connectivity index (χ0v) is 12.2. The molecule has 0 saturated heterocycles. The average Bonchev–Trinajstić information content (AvgIpc) is 2.71. The lowest BCUT2D eigenvalue weighted by Crippen LogP contribution is -2.14. The van der Waals surface area contributed by atoms with Gasteiger partial charge in [-0.1, -0.05) is 35.0 Å². The predicted molar refractivity (Wildman–Crippen MR) is 76.9 cm³/mol. The molecule has 1 aromatic heterocycles. The number of carbonyl (C=O) groups excluding carboxylic acids is 1. The van der Waals surface area contributed by atoms with Gasteiger partial charge in [0.25, 0.3) is 0 Å². The average molecular weight is 317 g/mol. The first kappa shape index (κ1) is 14.2. The van der Waals surface area contributed by atoms with Crippen LogP contribution >= 0.6 is 35.0 Å². The van der Waals surface area contributed by atoms with Crippen molar-refractivity contribution in [3.63, 3.8) is 0 Å². The molecular weight excluding hydrogens is 307 g/mol. The Kier molecular flexibility index (Phi) is 4.68. The van der Waals surface area contributed by atoms with Gasteiger partial charge in [0, 0.05) is 15.7 Å². The molecule has 0 fully saturated rings. The molecule has 1 aromatic carbocycles. The van der Waals surface area contributed by atoms with Gasteiger partial charge in [-0.15, -0.1) is 5.10 Å². The standard InChI is InChI=1S/C11H10Cl2N4OS/c1-6-14-11(17-16-6)19-5-10(18)15-9-3-7(12)2-8(13)4-9/h2-4H,5H2,1H3,(H,15,18)(H,14,16,17). The molecule has 1 amide bonds. The van der Waals surface area contributed by atoms with Crippen LogP contribution in [0.25, 0.3) is 0 Å². The summed E-state index contributed by atoms with van der Waals surface area (Å²) in [5.41, 5.74) is 0.564. The molecule has 100 valence electrons. The fraction of sp³-hybridized carbons (Fsp3) is 0.182. The van der Waals surface area contributed by atoms with E-state index in [1.807, 2.05) is 0 Å². The molecule has 5 nitrogen and oxygen atoms in total. The number of amides is 1. The third kappa shape index (κ3) is 4.41. The van der Waals surface area contributed by atoms with Crippen LogP contribution in [-0.4, -0.2) is 26.8 Å². The van der Waals surface area contributed by atoms with Crippen molar-refractivity contribution in [3.8, 4) is 0 Å². The number of aromatic nitrogens is 3. The summed E-state index contributed by atoms with van der Waals surface area (Å²) >= 11 is 12.9. The Morgan fingerprint density at radius 2 is 2.05 bits per heavy atom. The van der Waals surface area contributed by atoms with Gasteiger partial charge >= 0.3 is 0 Å². The van der Waals surface area contributed by atoms with Crippen LogP contribution in [0, 0.1) is 6.92 Å². The van der Waals surface area contributed by atoms with E-state index in [1.165, 1.54) is 11.8 Å². The maximum atomic E-state index is 11.7. The second-order valence-corrected chi connectivity index (χ2v) is 5.51. The second-order valence-electron chi connectivity index (χ2n) is 3.70. The van der Waals surface area contributed by atoms with E-state index in [2.05, 4.69) is 20.5 Å². The van der Waals surface area contributed by atoms with E-state index in [4.69, 9.17) is 23.2 Å². The second kappa shape index (κ2) is 6.27. The molecule has 1 heterocycles. The van der Waals surface area contributed by atoms with Gasteiger partial charge < -0.3 is 5.32 Å². The van der Waals surface area contributed by atoms with E-state index in [0.717, 1.165) is 0 Å². The number of thioether (sulfide) groups is 1. The van der Waals surface area contributed by atoms with Crippen molar-refractivity contribution in [2.45, 2.75) is 12.1 Å². The number of rotatable bonds is 4. The first-order valence-corrected chi connectivity index (χ1v) is 7.05. The quantitative estimate of drug-likeness (QED) is 0.850. The molecule has 0 spiro atoms. The van der Waals surface area contributed by atoms with Crippen molar-refractivity contribution in [2.75, 3.05) is 11.1 Å². The number of aromatic amines is 1. The van der Waals surface area contributed by atoms with E-state index in [9.17, 15) is 4.79 Å².